The van der Waals surface area contributed by atoms with E-state index in [-0.39, 0.29) is 12.7 Å². The summed E-state index contributed by atoms with van der Waals surface area (Å²) in [6.45, 7) is 3.82. The molecule has 0 radical (unpaired) electrons. The molecular formula is C19H18N4O3S. The number of benzene rings is 2. The molecule has 8 heteroatoms. The van der Waals surface area contributed by atoms with E-state index in [0.717, 1.165) is 15.8 Å². The van der Waals surface area contributed by atoms with Crippen molar-refractivity contribution in [2.45, 2.75) is 19.9 Å². The minimum atomic E-state index is -0.473. The second-order valence-electron chi connectivity index (χ2n) is 6.09. The lowest BCUT2D eigenvalue weighted by Gasteiger charge is -2.11. The van der Waals surface area contributed by atoms with Crippen molar-refractivity contribution in [1.29, 1.82) is 0 Å². The summed E-state index contributed by atoms with van der Waals surface area (Å²) in [6, 6.07) is 12.9. The van der Waals surface area contributed by atoms with Crippen LogP contribution in [0.2, 0.25) is 0 Å². The van der Waals surface area contributed by atoms with Gasteiger partial charge in [0.1, 0.15) is 6.04 Å². The molecule has 0 aliphatic carbocycles. The molecule has 1 aliphatic rings. The molecule has 0 saturated carbocycles. The molecule has 2 heterocycles. The predicted molar refractivity (Wildman–Crippen MR) is 106 cm³/mol. The van der Waals surface area contributed by atoms with Gasteiger partial charge in [-0.3, -0.25) is 4.79 Å². The smallest absolute Gasteiger partial charge is 0.262 e. The van der Waals surface area contributed by atoms with Crippen LogP contribution in [-0.2, 0) is 4.79 Å². The van der Waals surface area contributed by atoms with Crippen LogP contribution in [0.1, 0.15) is 19.4 Å². The highest BCUT2D eigenvalue weighted by molar-refractivity contribution is 7.22. The summed E-state index contributed by atoms with van der Waals surface area (Å²) in [5.41, 5.74) is 5.03. The van der Waals surface area contributed by atoms with Crippen molar-refractivity contribution in [2.24, 2.45) is 5.10 Å². The van der Waals surface area contributed by atoms with E-state index in [1.165, 1.54) is 11.3 Å². The first-order valence-corrected chi connectivity index (χ1v) is 9.28. The lowest BCUT2D eigenvalue weighted by Crippen LogP contribution is -2.35. The Hall–Kier alpha value is -3.13. The summed E-state index contributed by atoms with van der Waals surface area (Å²) in [7, 11) is 0. The van der Waals surface area contributed by atoms with Crippen LogP contribution in [-0.4, -0.2) is 29.4 Å². The topological polar surface area (TPSA) is 84.8 Å². The predicted octanol–water partition coefficient (Wildman–Crippen LogP) is 3.37. The molecule has 1 atom stereocenters. The molecule has 27 heavy (non-hydrogen) atoms. The summed E-state index contributed by atoms with van der Waals surface area (Å²) in [6.07, 6.45) is 0. The molecule has 0 spiro atoms. The van der Waals surface area contributed by atoms with E-state index < -0.39 is 6.04 Å². The number of rotatable bonds is 5. The van der Waals surface area contributed by atoms with Crippen LogP contribution in [0, 0.1) is 0 Å². The maximum absolute atomic E-state index is 12.3. The lowest BCUT2D eigenvalue weighted by atomic mass is 10.1. The summed E-state index contributed by atoms with van der Waals surface area (Å²) in [4.78, 5) is 16.8. The highest BCUT2D eigenvalue weighted by atomic mass is 32.1. The molecule has 0 unspecified atom stereocenters. The second-order valence-corrected chi connectivity index (χ2v) is 7.12. The number of amides is 1. The van der Waals surface area contributed by atoms with Crippen LogP contribution in [0.5, 0.6) is 11.5 Å². The third-order valence-corrected chi connectivity index (χ3v) is 5.12. The number of hydrogen-bond acceptors (Lipinski definition) is 7. The number of thiazole rings is 1. The van der Waals surface area contributed by atoms with Gasteiger partial charge in [-0.2, -0.15) is 5.10 Å². The minimum Gasteiger partial charge on any atom is -0.454 e. The zero-order chi connectivity index (χ0) is 18.8. The van der Waals surface area contributed by atoms with Gasteiger partial charge in [0, 0.05) is 5.56 Å². The summed E-state index contributed by atoms with van der Waals surface area (Å²) >= 11 is 1.51. The highest BCUT2D eigenvalue weighted by Crippen LogP contribution is 2.32. The number of anilines is 1. The number of carbonyl (C=O) groups excluding carboxylic acids is 1. The van der Waals surface area contributed by atoms with Gasteiger partial charge in [-0.1, -0.05) is 23.5 Å². The van der Waals surface area contributed by atoms with Gasteiger partial charge >= 0.3 is 0 Å². The highest BCUT2D eigenvalue weighted by Gasteiger charge is 2.16. The van der Waals surface area contributed by atoms with Gasteiger partial charge in [-0.25, -0.2) is 10.4 Å². The van der Waals surface area contributed by atoms with E-state index in [1.54, 1.807) is 6.92 Å². The Kier molecular flexibility index (Phi) is 4.64. The molecule has 4 rings (SSSR count). The fourth-order valence-corrected chi connectivity index (χ4v) is 3.56. The van der Waals surface area contributed by atoms with Crippen LogP contribution in [0.25, 0.3) is 10.2 Å². The number of hydrogen-bond donors (Lipinski definition) is 2. The Labute approximate surface area is 160 Å². The van der Waals surface area contributed by atoms with Crippen molar-refractivity contribution in [1.82, 2.24) is 10.4 Å². The van der Waals surface area contributed by atoms with Crippen molar-refractivity contribution in [3.63, 3.8) is 0 Å². The van der Waals surface area contributed by atoms with Crippen LogP contribution in [0.15, 0.2) is 47.6 Å². The first-order valence-electron chi connectivity index (χ1n) is 8.46. The standard InChI is InChI=1S/C19H18N4O3S/c1-11(13-7-8-15-16(9-13)26-10-25-15)22-23-18(24)12(2)20-19-21-14-5-3-4-6-17(14)27-19/h3-9,12H,10H2,1-2H3,(H,20,21)(H,23,24)/b22-11-/t12-/m0/s1. The van der Waals surface area contributed by atoms with Crippen LogP contribution in [0.4, 0.5) is 5.13 Å². The fraction of sp³-hybridized carbons (Fsp3) is 0.211. The quantitative estimate of drug-likeness (QED) is 0.522. The minimum absolute atomic E-state index is 0.223. The van der Waals surface area contributed by atoms with Crippen LogP contribution >= 0.6 is 11.3 Å². The largest absolute Gasteiger partial charge is 0.454 e. The van der Waals surface area contributed by atoms with Crippen molar-refractivity contribution >= 4 is 38.3 Å². The monoisotopic (exact) mass is 382 g/mol. The maximum Gasteiger partial charge on any atom is 0.262 e. The molecule has 0 saturated heterocycles. The number of fused-ring (bicyclic) bond motifs is 2. The Morgan fingerprint density at radius 1 is 1.22 bits per heavy atom. The molecule has 138 valence electrons. The van der Waals surface area contributed by atoms with Gasteiger partial charge in [-0.15, -0.1) is 0 Å². The van der Waals surface area contributed by atoms with Gasteiger partial charge in [0.2, 0.25) is 6.79 Å². The van der Waals surface area contributed by atoms with Gasteiger partial charge in [0.05, 0.1) is 15.9 Å². The van der Waals surface area contributed by atoms with Crippen molar-refractivity contribution in [3.8, 4) is 11.5 Å². The summed E-state index contributed by atoms with van der Waals surface area (Å²) in [5.74, 6) is 1.15. The van der Waals surface area contributed by atoms with E-state index in [0.29, 0.717) is 22.3 Å². The van der Waals surface area contributed by atoms with Crippen molar-refractivity contribution < 1.29 is 14.3 Å². The molecule has 2 aromatic carbocycles. The number of nitrogens with zero attached hydrogens (tertiary/aromatic N) is 2. The second kappa shape index (κ2) is 7.24. The number of aromatic nitrogens is 1. The molecule has 0 fully saturated rings. The molecule has 1 aliphatic heterocycles. The van der Waals surface area contributed by atoms with E-state index in [1.807, 2.05) is 49.4 Å². The number of hydrazone groups is 1. The Morgan fingerprint density at radius 3 is 2.89 bits per heavy atom. The van der Waals surface area contributed by atoms with Crippen LogP contribution in [0.3, 0.4) is 0 Å². The maximum atomic E-state index is 12.3. The normalized spacial score (nSPS) is 14.2. The molecule has 1 aromatic heterocycles. The number of ether oxygens (including phenoxy) is 2. The first kappa shape index (κ1) is 17.3. The van der Waals surface area contributed by atoms with Gasteiger partial charge in [-0.05, 0) is 44.2 Å². The van der Waals surface area contributed by atoms with E-state index in [2.05, 4.69) is 20.8 Å². The van der Waals surface area contributed by atoms with E-state index in [9.17, 15) is 4.79 Å². The summed E-state index contributed by atoms with van der Waals surface area (Å²) in [5, 5.41) is 8.01. The average Bonchev–Trinajstić information content (AvgIpc) is 3.30. The molecule has 3 aromatic rings. The van der Waals surface area contributed by atoms with E-state index >= 15 is 0 Å². The molecule has 0 bridgehead atoms. The Balaban J connectivity index is 1.39. The average molecular weight is 382 g/mol. The van der Waals surface area contributed by atoms with Gasteiger partial charge in [0.15, 0.2) is 16.6 Å². The third-order valence-electron chi connectivity index (χ3n) is 4.15. The zero-order valence-electron chi connectivity index (χ0n) is 14.9. The fourth-order valence-electron chi connectivity index (χ4n) is 2.61. The Bertz CT molecular complexity index is 998. The third kappa shape index (κ3) is 3.70. The summed E-state index contributed by atoms with van der Waals surface area (Å²) < 4.78 is 11.7. The number of carbonyl (C=O) groups is 1. The van der Waals surface area contributed by atoms with Crippen molar-refractivity contribution in [3.05, 3.63) is 48.0 Å². The number of nitrogens with one attached hydrogen (secondary N) is 2. The molecule has 1 amide bonds. The Morgan fingerprint density at radius 2 is 2.04 bits per heavy atom. The number of para-hydroxylation sites is 1. The molecular weight excluding hydrogens is 364 g/mol. The van der Waals surface area contributed by atoms with Crippen LogP contribution < -0.4 is 20.2 Å². The zero-order valence-corrected chi connectivity index (χ0v) is 15.7. The van der Waals surface area contributed by atoms with E-state index in [4.69, 9.17) is 9.47 Å². The van der Waals surface area contributed by atoms with Crippen molar-refractivity contribution in [2.75, 3.05) is 12.1 Å². The SMILES string of the molecule is C/C(=N/NC(=O)[C@H](C)Nc1nc2ccccc2s1)c1ccc2c(c1)OCO2. The first-order chi connectivity index (χ1) is 13.1. The van der Waals surface area contributed by atoms with Gasteiger partial charge < -0.3 is 14.8 Å². The van der Waals surface area contributed by atoms with Gasteiger partial charge in [0.25, 0.3) is 5.91 Å². The lowest BCUT2D eigenvalue weighted by molar-refractivity contribution is -0.121. The molecule has 7 nitrogen and oxygen atoms in total. The molecule has 2 N–H and O–H groups in total.